The van der Waals surface area contributed by atoms with Gasteiger partial charge in [0, 0.05) is 16.3 Å². The van der Waals surface area contributed by atoms with E-state index in [-0.39, 0.29) is 46.2 Å². The lowest BCUT2D eigenvalue weighted by molar-refractivity contribution is -0.220. The first-order chi connectivity index (χ1) is 21.6. The van der Waals surface area contributed by atoms with Gasteiger partial charge in [-0.05, 0) is 125 Å². The molecule has 7 nitrogen and oxygen atoms in total. The molecule has 1 aromatic heterocycles. The number of aromatic nitrogens is 1. The van der Waals surface area contributed by atoms with E-state index < -0.39 is 11.4 Å². The van der Waals surface area contributed by atoms with E-state index >= 15 is 0 Å². The molecule has 9 unspecified atom stereocenters. The van der Waals surface area contributed by atoms with Crippen molar-refractivity contribution in [1.29, 1.82) is 0 Å². The fraction of sp³-hybridized carbons (Fsp3) is 0.789. The maximum absolute atomic E-state index is 13.2. The first kappa shape index (κ1) is 35.1. The minimum atomic E-state index is -1.13. The summed E-state index contributed by atoms with van der Waals surface area (Å²) in [5.74, 6) is 1.65. The summed E-state index contributed by atoms with van der Waals surface area (Å²) in [4.78, 5) is 42.0. The van der Waals surface area contributed by atoms with E-state index in [4.69, 9.17) is 4.74 Å². The molecule has 0 saturated heterocycles. The van der Waals surface area contributed by atoms with Gasteiger partial charge in [0.25, 0.3) is 5.91 Å². The second kappa shape index (κ2) is 12.7. The monoisotopic (exact) mass is 654 g/mol. The van der Waals surface area contributed by atoms with E-state index in [9.17, 15) is 19.5 Å². The van der Waals surface area contributed by atoms with Crippen molar-refractivity contribution < 1.29 is 24.2 Å². The Balaban J connectivity index is 0.00000134. The highest BCUT2D eigenvalue weighted by molar-refractivity contribution is 7.07. The quantitative estimate of drug-likeness (QED) is 0.235. The van der Waals surface area contributed by atoms with Crippen molar-refractivity contribution in [3.8, 4) is 0 Å². The second-order valence-electron chi connectivity index (χ2n) is 17.1. The number of carbonyl (C=O) groups is 3. The average Bonchev–Trinajstić information content (AvgIpc) is 3.65. The number of carbonyl (C=O) groups excluding carboxylic acids is 2. The van der Waals surface area contributed by atoms with Crippen LogP contribution in [0.2, 0.25) is 0 Å². The summed E-state index contributed by atoms with van der Waals surface area (Å²) in [5.41, 5.74) is 1.40. The molecule has 8 heteroatoms. The Morgan fingerprint density at radius 1 is 1.00 bits per heavy atom. The molecular weight excluding hydrogens is 596 g/mol. The molecular formula is C38H58N2O5S. The van der Waals surface area contributed by atoms with Crippen LogP contribution in [0, 0.1) is 51.2 Å². The molecule has 6 rings (SSSR count). The zero-order chi connectivity index (χ0) is 33.7. The molecule has 9 atom stereocenters. The number of carboxylic acid groups (broad SMARTS) is 1. The minimum absolute atomic E-state index is 0.00531. The number of thiazole rings is 1. The van der Waals surface area contributed by atoms with Gasteiger partial charge in [-0.2, -0.15) is 0 Å². The Morgan fingerprint density at radius 2 is 1.70 bits per heavy atom. The van der Waals surface area contributed by atoms with E-state index in [2.05, 4.69) is 44.6 Å². The molecule has 0 aromatic carbocycles. The van der Waals surface area contributed by atoms with Crippen LogP contribution in [0.5, 0.6) is 0 Å². The van der Waals surface area contributed by atoms with Gasteiger partial charge in [-0.25, -0.2) is 4.98 Å². The van der Waals surface area contributed by atoms with Gasteiger partial charge in [0.2, 0.25) is 0 Å². The van der Waals surface area contributed by atoms with Gasteiger partial charge in [-0.15, -0.1) is 17.9 Å². The number of hydrogen-bond donors (Lipinski definition) is 2. The maximum atomic E-state index is 13.2. The van der Waals surface area contributed by atoms with Crippen molar-refractivity contribution in [2.75, 3.05) is 0 Å². The lowest BCUT2D eigenvalue weighted by Gasteiger charge is -2.69. The molecule has 256 valence electrons. The third kappa shape index (κ3) is 5.87. The van der Waals surface area contributed by atoms with Crippen LogP contribution in [0.15, 0.2) is 23.5 Å². The van der Waals surface area contributed by atoms with Crippen molar-refractivity contribution in [2.45, 2.75) is 137 Å². The maximum Gasteiger partial charge on any atom is 0.309 e. The summed E-state index contributed by atoms with van der Waals surface area (Å²) >= 11 is 1.48. The predicted molar refractivity (Wildman–Crippen MR) is 182 cm³/mol. The van der Waals surface area contributed by atoms with E-state index in [1.54, 1.807) is 25.4 Å². The fourth-order valence-corrected chi connectivity index (χ4v) is 12.4. The minimum Gasteiger partial charge on any atom is -0.481 e. The van der Waals surface area contributed by atoms with Crippen LogP contribution in [-0.4, -0.2) is 39.6 Å². The third-order valence-electron chi connectivity index (χ3n) is 13.9. The summed E-state index contributed by atoms with van der Waals surface area (Å²) in [6, 6.07) is 0. The molecule has 5 saturated carbocycles. The molecule has 5 fully saturated rings. The normalized spacial score (nSPS) is 39.2. The smallest absolute Gasteiger partial charge is 0.309 e. The Morgan fingerprint density at radius 3 is 2.35 bits per heavy atom. The number of rotatable bonds is 6. The predicted octanol–water partition coefficient (Wildman–Crippen LogP) is 8.70. The SMILES string of the molecule is C=CC.CC(C)(CC(=O)OC1CCC2(C)C(CCC3(C)C4CCC5(NC(=O)c6cscn6)CCCC5C4CCC32)C1(C)C)C(=O)O. The first-order valence-corrected chi connectivity index (χ1v) is 18.7. The van der Waals surface area contributed by atoms with Gasteiger partial charge in [0.1, 0.15) is 11.8 Å². The van der Waals surface area contributed by atoms with Crippen LogP contribution >= 0.6 is 11.3 Å². The molecule has 2 N–H and O–H groups in total. The molecule has 5 aliphatic carbocycles. The highest BCUT2D eigenvalue weighted by atomic mass is 32.1. The van der Waals surface area contributed by atoms with Crippen LogP contribution in [0.3, 0.4) is 0 Å². The molecule has 1 heterocycles. The number of nitrogens with zero attached hydrogens (tertiary/aromatic N) is 1. The van der Waals surface area contributed by atoms with E-state index in [1.165, 1.54) is 49.9 Å². The molecule has 5 aliphatic rings. The Kier molecular flexibility index (Phi) is 9.66. The van der Waals surface area contributed by atoms with Gasteiger partial charge in [0.05, 0.1) is 17.3 Å². The van der Waals surface area contributed by atoms with Crippen LogP contribution in [-0.2, 0) is 14.3 Å². The number of carboxylic acids is 1. The van der Waals surface area contributed by atoms with Crippen molar-refractivity contribution >= 4 is 29.2 Å². The number of allylic oxidation sites excluding steroid dienone is 1. The number of esters is 1. The van der Waals surface area contributed by atoms with E-state index in [0.717, 1.165) is 32.1 Å². The molecule has 0 bridgehead atoms. The molecule has 1 aromatic rings. The average molecular weight is 655 g/mol. The standard InChI is InChI=1S/C35H52N2O5S.C3H6/c1-31(2,30(40)41)18-28(38)42-27-13-16-34(6)25(32(27,3)4)12-15-33(5)22-11-17-35(37-29(39)24-19-43-20-36-24)14-7-8-23(35)21(22)9-10-26(33)34;1-3-2/h19-23,25-27H,7-18H2,1-6H3,(H,37,39)(H,40,41);3H,1H2,2H3. The largest absolute Gasteiger partial charge is 0.481 e. The van der Waals surface area contributed by atoms with Crippen molar-refractivity contribution in [2.24, 2.45) is 51.2 Å². The Bertz CT molecular complexity index is 1310. The molecule has 1 amide bonds. The number of amides is 1. The van der Waals surface area contributed by atoms with Crippen molar-refractivity contribution in [3.63, 3.8) is 0 Å². The number of fused-ring (bicyclic) bond motifs is 7. The van der Waals surface area contributed by atoms with Crippen molar-refractivity contribution in [3.05, 3.63) is 29.2 Å². The van der Waals surface area contributed by atoms with Crippen molar-refractivity contribution in [1.82, 2.24) is 10.3 Å². The Labute approximate surface area is 280 Å². The molecule has 0 aliphatic heterocycles. The number of ether oxygens (including phenoxy) is 1. The summed E-state index contributed by atoms with van der Waals surface area (Å²) < 4.78 is 6.11. The van der Waals surface area contributed by atoms with Gasteiger partial charge in [-0.3, -0.25) is 14.4 Å². The van der Waals surface area contributed by atoms with Crippen LogP contribution in [0.4, 0.5) is 0 Å². The zero-order valence-electron chi connectivity index (χ0n) is 29.3. The topological polar surface area (TPSA) is 106 Å². The van der Waals surface area contributed by atoms with Gasteiger partial charge in [-0.1, -0.05) is 40.2 Å². The van der Waals surface area contributed by atoms with Gasteiger partial charge in [0.15, 0.2) is 0 Å². The lowest BCUT2D eigenvalue weighted by Crippen LogP contribution is -2.65. The van der Waals surface area contributed by atoms with E-state index in [1.807, 2.05) is 12.3 Å². The van der Waals surface area contributed by atoms with E-state index in [0.29, 0.717) is 35.3 Å². The van der Waals surface area contributed by atoms with Crippen LogP contribution in [0.1, 0.15) is 136 Å². The first-order valence-electron chi connectivity index (χ1n) is 17.8. The van der Waals surface area contributed by atoms with Gasteiger partial charge < -0.3 is 15.2 Å². The summed E-state index contributed by atoms with van der Waals surface area (Å²) in [5, 5.41) is 14.9. The summed E-state index contributed by atoms with van der Waals surface area (Å²) in [6.07, 6.45) is 14.0. The molecule has 0 radical (unpaired) electrons. The van der Waals surface area contributed by atoms with Gasteiger partial charge >= 0.3 is 11.9 Å². The van der Waals surface area contributed by atoms with Crippen LogP contribution < -0.4 is 5.32 Å². The molecule has 0 spiro atoms. The summed E-state index contributed by atoms with van der Waals surface area (Å²) in [6.45, 7) is 18.2. The number of hydrogen-bond acceptors (Lipinski definition) is 6. The fourth-order valence-electron chi connectivity index (χ4n) is 11.9. The second-order valence-corrected chi connectivity index (χ2v) is 17.9. The number of aliphatic carboxylic acids is 1. The highest BCUT2D eigenvalue weighted by Crippen LogP contribution is 2.72. The Hall–Kier alpha value is -2.22. The molecule has 46 heavy (non-hydrogen) atoms. The summed E-state index contributed by atoms with van der Waals surface area (Å²) in [7, 11) is 0. The van der Waals surface area contributed by atoms with Crippen LogP contribution in [0.25, 0.3) is 0 Å². The highest BCUT2D eigenvalue weighted by Gasteiger charge is 2.66. The number of nitrogens with one attached hydrogen (secondary N) is 1. The third-order valence-corrected chi connectivity index (χ3v) is 14.5. The zero-order valence-corrected chi connectivity index (χ0v) is 30.1. The lowest BCUT2D eigenvalue weighted by atomic mass is 9.36.